The summed E-state index contributed by atoms with van der Waals surface area (Å²) in [5.41, 5.74) is 6.64. The largest absolute Gasteiger partial charge is 0.486 e. The standard InChI is InChI=1S/C13H18N4O/c1-2-7-17-13(15-10-16-17)9-18-12-5-3-11(8-14)4-6-12/h3-6,10H,2,7-9,14H2,1H3. The summed E-state index contributed by atoms with van der Waals surface area (Å²) in [6.07, 6.45) is 2.59. The van der Waals surface area contributed by atoms with Crippen molar-refractivity contribution in [3.8, 4) is 5.75 Å². The summed E-state index contributed by atoms with van der Waals surface area (Å²) >= 11 is 0. The number of nitrogens with zero attached hydrogens (tertiary/aromatic N) is 3. The van der Waals surface area contributed by atoms with E-state index in [1.54, 1.807) is 6.33 Å². The van der Waals surface area contributed by atoms with Crippen LogP contribution in [0.4, 0.5) is 0 Å². The van der Waals surface area contributed by atoms with E-state index < -0.39 is 0 Å². The Morgan fingerprint density at radius 1 is 1.28 bits per heavy atom. The molecule has 0 saturated heterocycles. The van der Waals surface area contributed by atoms with Crippen LogP contribution in [0.25, 0.3) is 0 Å². The first-order chi connectivity index (χ1) is 8.83. The first-order valence-electron chi connectivity index (χ1n) is 6.12. The SMILES string of the molecule is CCCn1ncnc1COc1ccc(CN)cc1. The number of ether oxygens (including phenoxy) is 1. The van der Waals surface area contributed by atoms with Gasteiger partial charge in [-0.3, -0.25) is 0 Å². The fourth-order valence-corrected chi connectivity index (χ4v) is 1.67. The second-order valence-electron chi connectivity index (χ2n) is 4.04. The Hall–Kier alpha value is -1.88. The minimum absolute atomic E-state index is 0.433. The molecule has 96 valence electrons. The Morgan fingerprint density at radius 3 is 2.72 bits per heavy atom. The zero-order chi connectivity index (χ0) is 12.8. The average Bonchev–Trinajstić information content (AvgIpc) is 2.85. The Kier molecular flexibility index (Phi) is 4.30. The summed E-state index contributed by atoms with van der Waals surface area (Å²) in [7, 11) is 0. The normalized spacial score (nSPS) is 10.6. The van der Waals surface area contributed by atoms with Gasteiger partial charge in [-0.15, -0.1) is 0 Å². The third-order valence-corrected chi connectivity index (χ3v) is 2.66. The van der Waals surface area contributed by atoms with E-state index in [-0.39, 0.29) is 0 Å². The number of hydrogen-bond donors (Lipinski definition) is 1. The zero-order valence-corrected chi connectivity index (χ0v) is 10.5. The molecule has 0 spiro atoms. The van der Waals surface area contributed by atoms with Gasteiger partial charge in [0, 0.05) is 13.1 Å². The number of benzene rings is 1. The lowest BCUT2D eigenvalue weighted by Gasteiger charge is -2.07. The third kappa shape index (κ3) is 3.07. The highest BCUT2D eigenvalue weighted by Crippen LogP contribution is 2.13. The fraction of sp³-hybridized carbons (Fsp3) is 0.385. The molecule has 0 aliphatic carbocycles. The fourth-order valence-electron chi connectivity index (χ4n) is 1.67. The van der Waals surface area contributed by atoms with Crippen molar-refractivity contribution in [2.24, 2.45) is 5.73 Å². The molecule has 0 radical (unpaired) electrons. The second-order valence-corrected chi connectivity index (χ2v) is 4.04. The monoisotopic (exact) mass is 246 g/mol. The van der Waals surface area contributed by atoms with Gasteiger partial charge in [0.25, 0.3) is 0 Å². The topological polar surface area (TPSA) is 66.0 Å². The highest BCUT2D eigenvalue weighted by Gasteiger charge is 2.04. The van der Waals surface area contributed by atoms with Crippen molar-refractivity contribution >= 4 is 0 Å². The quantitative estimate of drug-likeness (QED) is 0.843. The lowest BCUT2D eigenvalue weighted by Crippen LogP contribution is -2.08. The van der Waals surface area contributed by atoms with Gasteiger partial charge in [0.15, 0.2) is 5.82 Å². The van der Waals surface area contributed by atoms with E-state index in [0.29, 0.717) is 13.2 Å². The van der Waals surface area contributed by atoms with Gasteiger partial charge < -0.3 is 10.5 Å². The molecule has 1 aromatic carbocycles. The van der Waals surface area contributed by atoms with Gasteiger partial charge in [0.2, 0.25) is 0 Å². The maximum absolute atomic E-state index is 5.67. The highest BCUT2D eigenvalue weighted by molar-refractivity contribution is 5.27. The van der Waals surface area contributed by atoms with Crippen molar-refractivity contribution in [3.63, 3.8) is 0 Å². The van der Waals surface area contributed by atoms with Gasteiger partial charge in [0.05, 0.1) is 0 Å². The average molecular weight is 246 g/mol. The number of rotatable bonds is 6. The van der Waals surface area contributed by atoms with Crippen LogP contribution in [0.2, 0.25) is 0 Å². The molecule has 2 rings (SSSR count). The number of aryl methyl sites for hydroxylation is 1. The Morgan fingerprint density at radius 2 is 2.06 bits per heavy atom. The first-order valence-corrected chi connectivity index (χ1v) is 6.12. The van der Waals surface area contributed by atoms with Crippen LogP contribution in [0.1, 0.15) is 24.7 Å². The second kappa shape index (κ2) is 6.16. The summed E-state index contributed by atoms with van der Waals surface area (Å²) in [4.78, 5) is 4.19. The number of hydrogen-bond acceptors (Lipinski definition) is 4. The van der Waals surface area contributed by atoms with E-state index in [4.69, 9.17) is 10.5 Å². The van der Waals surface area contributed by atoms with Crippen LogP contribution in [-0.4, -0.2) is 14.8 Å². The highest BCUT2D eigenvalue weighted by atomic mass is 16.5. The summed E-state index contributed by atoms with van der Waals surface area (Å²) in [5, 5.41) is 4.15. The van der Waals surface area contributed by atoms with Crippen LogP contribution in [0.15, 0.2) is 30.6 Å². The molecule has 2 N–H and O–H groups in total. The van der Waals surface area contributed by atoms with Gasteiger partial charge in [-0.05, 0) is 24.1 Å². The van der Waals surface area contributed by atoms with E-state index >= 15 is 0 Å². The van der Waals surface area contributed by atoms with Crippen molar-refractivity contribution in [2.75, 3.05) is 0 Å². The number of nitrogens with two attached hydrogens (primary N) is 1. The van der Waals surface area contributed by atoms with Crippen molar-refractivity contribution in [1.29, 1.82) is 0 Å². The van der Waals surface area contributed by atoms with Crippen LogP contribution in [0.3, 0.4) is 0 Å². The summed E-state index contributed by atoms with van der Waals surface area (Å²) in [6, 6.07) is 7.77. The van der Waals surface area contributed by atoms with Crippen molar-refractivity contribution in [3.05, 3.63) is 42.0 Å². The van der Waals surface area contributed by atoms with Crippen molar-refractivity contribution < 1.29 is 4.74 Å². The molecule has 5 heteroatoms. The maximum atomic E-state index is 5.67. The molecule has 0 fully saturated rings. The molecule has 1 heterocycles. The molecular formula is C13H18N4O. The van der Waals surface area contributed by atoms with E-state index in [2.05, 4.69) is 17.0 Å². The van der Waals surface area contributed by atoms with Gasteiger partial charge in [-0.25, -0.2) is 9.67 Å². The molecular weight excluding hydrogens is 228 g/mol. The Balaban J connectivity index is 1.95. The van der Waals surface area contributed by atoms with E-state index in [0.717, 1.165) is 30.1 Å². The molecule has 1 aromatic heterocycles. The van der Waals surface area contributed by atoms with Crippen LogP contribution >= 0.6 is 0 Å². The first kappa shape index (κ1) is 12.6. The van der Waals surface area contributed by atoms with E-state index in [1.165, 1.54) is 0 Å². The van der Waals surface area contributed by atoms with Crippen LogP contribution in [-0.2, 0) is 19.7 Å². The van der Waals surface area contributed by atoms with Gasteiger partial charge >= 0.3 is 0 Å². The van der Waals surface area contributed by atoms with Gasteiger partial charge in [0.1, 0.15) is 18.7 Å². The van der Waals surface area contributed by atoms with Crippen LogP contribution in [0.5, 0.6) is 5.75 Å². The van der Waals surface area contributed by atoms with Crippen LogP contribution in [0, 0.1) is 0 Å². The van der Waals surface area contributed by atoms with E-state index in [9.17, 15) is 0 Å². The summed E-state index contributed by atoms with van der Waals surface area (Å²) < 4.78 is 7.54. The molecule has 0 aliphatic heterocycles. The Labute approximate surface area is 107 Å². The lowest BCUT2D eigenvalue weighted by atomic mass is 10.2. The van der Waals surface area contributed by atoms with Gasteiger partial charge in [-0.2, -0.15) is 5.10 Å². The molecule has 0 bridgehead atoms. The molecule has 2 aromatic rings. The molecule has 0 unspecified atom stereocenters. The van der Waals surface area contributed by atoms with E-state index in [1.807, 2.05) is 28.9 Å². The maximum Gasteiger partial charge on any atom is 0.164 e. The number of aromatic nitrogens is 3. The lowest BCUT2D eigenvalue weighted by molar-refractivity contribution is 0.286. The van der Waals surface area contributed by atoms with Gasteiger partial charge in [-0.1, -0.05) is 19.1 Å². The van der Waals surface area contributed by atoms with Crippen LogP contribution < -0.4 is 10.5 Å². The van der Waals surface area contributed by atoms with Crippen molar-refractivity contribution in [1.82, 2.24) is 14.8 Å². The zero-order valence-electron chi connectivity index (χ0n) is 10.5. The Bertz CT molecular complexity index is 478. The third-order valence-electron chi connectivity index (χ3n) is 2.66. The molecule has 0 amide bonds. The molecule has 0 atom stereocenters. The molecule has 0 aliphatic rings. The minimum atomic E-state index is 0.433. The predicted molar refractivity (Wildman–Crippen MR) is 69.0 cm³/mol. The predicted octanol–water partition coefficient (Wildman–Crippen LogP) is 1.73. The smallest absolute Gasteiger partial charge is 0.164 e. The summed E-state index contributed by atoms with van der Waals surface area (Å²) in [5.74, 6) is 1.66. The summed E-state index contributed by atoms with van der Waals surface area (Å²) in [6.45, 7) is 3.95. The molecule has 0 saturated carbocycles. The van der Waals surface area contributed by atoms with Crippen molar-refractivity contribution in [2.45, 2.75) is 33.0 Å². The molecule has 18 heavy (non-hydrogen) atoms. The minimum Gasteiger partial charge on any atom is -0.486 e. The molecule has 5 nitrogen and oxygen atoms in total.